The molecule has 1 aliphatic heterocycles. The number of carbonyl (C=O) groups is 3. The molecule has 0 saturated carbocycles. The number of rotatable bonds is 6. The van der Waals surface area contributed by atoms with Crippen LogP contribution < -0.4 is 5.73 Å². The molecule has 1 heterocycles. The smallest absolute Gasteiger partial charge is 0.262 e. The van der Waals surface area contributed by atoms with Gasteiger partial charge in [0.2, 0.25) is 5.91 Å². The largest absolute Gasteiger partial charge is 0.344 e. The number of carbonyl (C=O) groups excluding carboxylic acids is 3. The zero-order valence-electron chi connectivity index (χ0n) is 13.8. The minimum atomic E-state index is -0.411. The van der Waals surface area contributed by atoms with Gasteiger partial charge in [-0.15, -0.1) is 0 Å². The third kappa shape index (κ3) is 3.59. The second kappa shape index (κ2) is 6.91. The van der Waals surface area contributed by atoms with E-state index in [9.17, 15) is 14.4 Å². The van der Waals surface area contributed by atoms with Crippen LogP contribution in [0.15, 0.2) is 24.3 Å². The van der Waals surface area contributed by atoms with Crippen LogP contribution in [0.25, 0.3) is 0 Å². The molecule has 0 bridgehead atoms. The molecule has 23 heavy (non-hydrogen) atoms. The molecule has 0 aliphatic carbocycles. The summed E-state index contributed by atoms with van der Waals surface area (Å²) in [6.07, 6.45) is 0.683. The number of nitrogens with two attached hydrogens (primary N) is 1. The zero-order chi connectivity index (χ0) is 17.1. The van der Waals surface area contributed by atoms with Gasteiger partial charge in [-0.3, -0.25) is 19.3 Å². The molecule has 0 saturated heterocycles. The van der Waals surface area contributed by atoms with Gasteiger partial charge in [-0.05, 0) is 24.5 Å². The molecule has 0 radical (unpaired) electrons. The van der Waals surface area contributed by atoms with Crippen molar-refractivity contribution in [2.45, 2.75) is 26.3 Å². The van der Waals surface area contributed by atoms with E-state index in [0.29, 0.717) is 30.0 Å². The summed E-state index contributed by atoms with van der Waals surface area (Å²) in [6, 6.07) is 6.63. The molecule has 0 fully saturated rings. The van der Waals surface area contributed by atoms with Crippen molar-refractivity contribution in [2.75, 3.05) is 20.1 Å². The van der Waals surface area contributed by atoms with E-state index in [1.54, 1.807) is 31.3 Å². The fourth-order valence-corrected chi connectivity index (χ4v) is 2.44. The van der Waals surface area contributed by atoms with E-state index in [-0.39, 0.29) is 18.5 Å². The van der Waals surface area contributed by atoms with Gasteiger partial charge in [0.15, 0.2) is 0 Å². The molecule has 0 spiro atoms. The first-order valence-corrected chi connectivity index (χ1v) is 7.77. The first-order valence-electron chi connectivity index (χ1n) is 7.77. The molecule has 1 aliphatic rings. The summed E-state index contributed by atoms with van der Waals surface area (Å²) >= 11 is 0. The lowest BCUT2D eigenvalue weighted by atomic mass is 10.0. The molecule has 2 rings (SSSR count). The van der Waals surface area contributed by atoms with Gasteiger partial charge in [-0.1, -0.05) is 26.0 Å². The summed E-state index contributed by atoms with van der Waals surface area (Å²) in [4.78, 5) is 39.3. The zero-order valence-corrected chi connectivity index (χ0v) is 13.8. The van der Waals surface area contributed by atoms with Gasteiger partial charge in [0, 0.05) is 19.6 Å². The maximum atomic E-state index is 12.3. The van der Waals surface area contributed by atoms with Crippen LogP contribution in [0.4, 0.5) is 0 Å². The molecule has 124 valence electrons. The van der Waals surface area contributed by atoms with E-state index in [1.165, 1.54) is 4.90 Å². The van der Waals surface area contributed by atoms with E-state index in [1.807, 2.05) is 13.8 Å². The second-order valence-corrected chi connectivity index (χ2v) is 6.25. The van der Waals surface area contributed by atoms with E-state index in [0.717, 1.165) is 4.90 Å². The number of imide groups is 1. The molecule has 1 atom stereocenters. The summed E-state index contributed by atoms with van der Waals surface area (Å²) in [5, 5.41) is 0. The first-order chi connectivity index (χ1) is 10.8. The third-order valence-corrected chi connectivity index (χ3v) is 4.25. The van der Waals surface area contributed by atoms with Crippen molar-refractivity contribution in [2.24, 2.45) is 11.7 Å². The Morgan fingerprint density at radius 3 is 2.17 bits per heavy atom. The minimum absolute atomic E-state index is 0.0181. The highest BCUT2D eigenvalue weighted by Crippen LogP contribution is 2.22. The maximum absolute atomic E-state index is 12.3. The number of amides is 3. The van der Waals surface area contributed by atoms with E-state index in [2.05, 4.69) is 0 Å². The van der Waals surface area contributed by atoms with Crippen LogP contribution in [0.2, 0.25) is 0 Å². The molecule has 1 unspecified atom stereocenters. The van der Waals surface area contributed by atoms with Crippen LogP contribution in [0.5, 0.6) is 0 Å². The lowest BCUT2D eigenvalue weighted by Gasteiger charge is -2.23. The fourth-order valence-electron chi connectivity index (χ4n) is 2.44. The van der Waals surface area contributed by atoms with Crippen LogP contribution >= 0.6 is 0 Å². The Morgan fingerprint density at radius 1 is 1.17 bits per heavy atom. The molecule has 2 N–H and O–H groups in total. The van der Waals surface area contributed by atoms with Crippen LogP contribution in [0, 0.1) is 5.92 Å². The quantitative estimate of drug-likeness (QED) is 0.797. The number of hydrogen-bond donors (Lipinski definition) is 1. The van der Waals surface area contributed by atoms with Crippen molar-refractivity contribution < 1.29 is 14.4 Å². The fraction of sp³-hybridized carbons (Fsp3) is 0.471. The van der Waals surface area contributed by atoms with Gasteiger partial charge in [0.25, 0.3) is 11.8 Å². The number of nitrogens with zero attached hydrogens (tertiary/aromatic N) is 2. The van der Waals surface area contributed by atoms with Gasteiger partial charge in [-0.2, -0.15) is 0 Å². The molecule has 0 aromatic heterocycles. The van der Waals surface area contributed by atoms with Crippen LogP contribution in [0.1, 0.15) is 41.0 Å². The van der Waals surface area contributed by atoms with Gasteiger partial charge in [0.1, 0.15) is 6.54 Å². The topological polar surface area (TPSA) is 83.7 Å². The molecular formula is C17H23N3O3. The normalized spacial score (nSPS) is 15.1. The highest BCUT2D eigenvalue weighted by molar-refractivity contribution is 6.22. The third-order valence-electron chi connectivity index (χ3n) is 4.25. The van der Waals surface area contributed by atoms with Crippen molar-refractivity contribution in [3.8, 4) is 0 Å². The maximum Gasteiger partial charge on any atom is 0.262 e. The van der Waals surface area contributed by atoms with Crippen molar-refractivity contribution in [3.05, 3.63) is 35.4 Å². The number of likely N-dealkylation sites (N-methyl/N-ethyl adjacent to an activating group) is 1. The van der Waals surface area contributed by atoms with E-state index < -0.39 is 11.8 Å². The lowest BCUT2D eigenvalue weighted by molar-refractivity contribution is -0.130. The molecule has 3 amide bonds. The van der Waals surface area contributed by atoms with Crippen molar-refractivity contribution >= 4 is 17.7 Å². The summed E-state index contributed by atoms with van der Waals surface area (Å²) in [6.45, 7) is 4.33. The Balaban J connectivity index is 1.96. The average molecular weight is 317 g/mol. The van der Waals surface area contributed by atoms with Crippen LogP contribution in [0.3, 0.4) is 0 Å². The standard InChI is InChI=1S/C17H23N3O3/c1-11(2)14(18)8-9-19(3)15(21)10-20-16(22)12-6-4-5-7-13(12)17(20)23/h4-7,11,14H,8-10,18H2,1-3H3. The highest BCUT2D eigenvalue weighted by Gasteiger charge is 2.36. The Labute approximate surface area is 136 Å². The number of benzene rings is 1. The predicted molar refractivity (Wildman–Crippen MR) is 86.9 cm³/mol. The first kappa shape index (κ1) is 17.1. The van der Waals surface area contributed by atoms with E-state index >= 15 is 0 Å². The van der Waals surface area contributed by atoms with Crippen LogP contribution in [-0.2, 0) is 4.79 Å². The Kier molecular flexibility index (Phi) is 5.15. The summed E-state index contributed by atoms with van der Waals surface area (Å²) in [7, 11) is 1.66. The van der Waals surface area contributed by atoms with Gasteiger partial charge in [-0.25, -0.2) is 0 Å². The minimum Gasteiger partial charge on any atom is -0.344 e. The van der Waals surface area contributed by atoms with Crippen LogP contribution in [-0.4, -0.2) is 53.7 Å². The van der Waals surface area contributed by atoms with Crippen molar-refractivity contribution in [3.63, 3.8) is 0 Å². The van der Waals surface area contributed by atoms with Gasteiger partial charge < -0.3 is 10.6 Å². The van der Waals surface area contributed by atoms with Gasteiger partial charge in [0.05, 0.1) is 11.1 Å². The predicted octanol–water partition coefficient (Wildman–Crippen LogP) is 1.11. The Bertz CT molecular complexity index is 592. The Morgan fingerprint density at radius 2 is 1.70 bits per heavy atom. The SMILES string of the molecule is CC(C)C(N)CCN(C)C(=O)CN1C(=O)c2ccccc2C1=O. The average Bonchev–Trinajstić information content (AvgIpc) is 2.77. The number of fused-ring (bicyclic) bond motifs is 1. The van der Waals surface area contributed by atoms with Crippen molar-refractivity contribution in [1.29, 1.82) is 0 Å². The lowest BCUT2D eigenvalue weighted by Crippen LogP contribution is -2.42. The molecule has 6 heteroatoms. The molecular weight excluding hydrogens is 294 g/mol. The molecule has 1 aromatic carbocycles. The summed E-state index contributed by atoms with van der Waals surface area (Å²) in [5.41, 5.74) is 6.69. The molecule has 6 nitrogen and oxygen atoms in total. The highest BCUT2D eigenvalue weighted by atomic mass is 16.2. The summed E-state index contributed by atoms with van der Waals surface area (Å²) < 4.78 is 0. The second-order valence-electron chi connectivity index (χ2n) is 6.25. The summed E-state index contributed by atoms with van der Waals surface area (Å²) in [5.74, 6) is -0.748. The van der Waals surface area contributed by atoms with Crippen molar-refractivity contribution in [1.82, 2.24) is 9.80 Å². The Hall–Kier alpha value is -2.21. The monoisotopic (exact) mass is 317 g/mol. The van der Waals surface area contributed by atoms with E-state index in [4.69, 9.17) is 5.73 Å². The van der Waals surface area contributed by atoms with Gasteiger partial charge >= 0.3 is 0 Å². The number of hydrogen-bond acceptors (Lipinski definition) is 4. The molecule has 1 aromatic rings.